The summed E-state index contributed by atoms with van der Waals surface area (Å²) in [5, 5.41) is 10.4. The van der Waals surface area contributed by atoms with E-state index in [1.165, 1.54) is 16.9 Å². The summed E-state index contributed by atoms with van der Waals surface area (Å²) in [5.74, 6) is 0.910. The van der Waals surface area contributed by atoms with E-state index in [1.807, 2.05) is 12.1 Å². The van der Waals surface area contributed by atoms with Crippen LogP contribution >= 0.6 is 11.3 Å². The monoisotopic (exact) mass is 316 g/mol. The zero-order chi connectivity index (χ0) is 15.1. The van der Waals surface area contributed by atoms with Crippen molar-refractivity contribution in [2.45, 2.75) is 18.9 Å². The van der Waals surface area contributed by atoms with Gasteiger partial charge in [0.25, 0.3) is 5.91 Å². The van der Waals surface area contributed by atoms with E-state index >= 15 is 0 Å². The standard InChI is InChI=1S/C16H16N2O3S/c19-12-3-5-18(9-12)16(20)14-8-17-15(22-14)11-1-2-13-10(7-11)4-6-21-13/h1-2,7-8,12,19H,3-6,9H2/t12-/m1/s1. The van der Waals surface area contributed by atoms with E-state index in [-0.39, 0.29) is 5.91 Å². The van der Waals surface area contributed by atoms with Crippen molar-refractivity contribution in [3.8, 4) is 16.3 Å². The molecule has 22 heavy (non-hydrogen) atoms. The van der Waals surface area contributed by atoms with Gasteiger partial charge >= 0.3 is 0 Å². The lowest BCUT2D eigenvalue weighted by atomic mass is 10.1. The van der Waals surface area contributed by atoms with Crippen molar-refractivity contribution in [3.05, 3.63) is 34.8 Å². The van der Waals surface area contributed by atoms with Crippen molar-refractivity contribution >= 4 is 17.2 Å². The van der Waals surface area contributed by atoms with Crippen molar-refractivity contribution in [3.63, 3.8) is 0 Å². The van der Waals surface area contributed by atoms with E-state index in [0.29, 0.717) is 24.4 Å². The Kier molecular flexibility index (Phi) is 3.35. The summed E-state index contributed by atoms with van der Waals surface area (Å²) >= 11 is 1.40. The summed E-state index contributed by atoms with van der Waals surface area (Å²) in [6.45, 7) is 1.77. The second-order valence-corrected chi connectivity index (χ2v) is 6.67. The Morgan fingerprint density at radius 2 is 2.36 bits per heavy atom. The average molecular weight is 316 g/mol. The lowest BCUT2D eigenvalue weighted by Crippen LogP contribution is -2.28. The molecule has 114 valence electrons. The fourth-order valence-corrected chi connectivity index (χ4v) is 3.79. The third-order valence-electron chi connectivity index (χ3n) is 4.10. The van der Waals surface area contributed by atoms with Crippen molar-refractivity contribution in [1.29, 1.82) is 0 Å². The van der Waals surface area contributed by atoms with Crippen LogP contribution in [0.2, 0.25) is 0 Å². The highest BCUT2D eigenvalue weighted by Gasteiger charge is 2.26. The Bertz CT molecular complexity index is 728. The first-order valence-electron chi connectivity index (χ1n) is 7.40. The molecule has 2 aliphatic rings. The van der Waals surface area contributed by atoms with Crippen LogP contribution in [0.5, 0.6) is 5.75 Å². The molecule has 1 N–H and O–H groups in total. The molecular formula is C16H16N2O3S. The van der Waals surface area contributed by atoms with E-state index in [2.05, 4.69) is 11.1 Å². The van der Waals surface area contributed by atoms with Crippen LogP contribution in [0, 0.1) is 0 Å². The third-order valence-corrected chi connectivity index (χ3v) is 5.14. The van der Waals surface area contributed by atoms with Crippen LogP contribution in [0.1, 0.15) is 21.7 Å². The molecular weight excluding hydrogens is 300 g/mol. The molecule has 1 atom stereocenters. The van der Waals surface area contributed by atoms with Gasteiger partial charge in [0.05, 0.1) is 18.9 Å². The molecule has 1 fully saturated rings. The highest BCUT2D eigenvalue weighted by molar-refractivity contribution is 7.16. The molecule has 6 heteroatoms. The number of amides is 1. The van der Waals surface area contributed by atoms with Crippen LogP contribution in [-0.4, -0.2) is 46.7 Å². The number of nitrogens with zero attached hydrogens (tertiary/aromatic N) is 2. The SMILES string of the molecule is O=C(c1cnc(-c2ccc3c(c2)CCO3)s1)N1CC[C@@H](O)C1. The Balaban J connectivity index is 1.57. The number of aliphatic hydroxyl groups excluding tert-OH is 1. The second-order valence-electron chi connectivity index (χ2n) is 5.64. The molecule has 0 aliphatic carbocycles. The molecule has 0 saturated carbocycles. The number of aliphatic hydroxyl groups is 1. The summed E-state index contributed by atoms with van der Waals surface area (Å²) in [4.78, 5) is 19.1. The lowest BCUT2D eigenvalue weighted by molar-refractivity contribution is 0.0769. The minimum absolute atomic E-state index is 0.0372. The molecule has 2 aliphatic heterocycles. The molecule has 4 rings (SSSR count). The van der Waals surface area contributed by atoms with Crippen molar-refractivity contribution in [1.82, 2.24) is 9.88 Å². The number of carbonyl (C=O) groups excluding carboxylic acids is 1. The minimum atomic E-state index is -0.395. The number of ether oxygens (including phenoxy) is 1. The van der Waals surface area contributed by atoms with E-state index in [1.54, 1.807) is 11.1 Å². The summed E-state index contributed by atoms with van der Waals surface area (Å²) in [5.41, 5.74) is 2.22. The topological polar surface area (TPSA) is 62.7 Å². The molecule has 2 aromatic rings. The quantitative estimate of drug-likeness (QED) is 0.920. The number of carbonyl (C=O) groups is 1. The first-order chi connectivity index (χ1) is 10.7. The van der Waals surface area contributed by atoms with Gasteiger partial charge in [-0.2, -0.15) is 0 Å². The number of thiazole rings is 1. The van der Waals surface area contributed by atoms with Gasteiger partial charge in [-0.15, -0.1) is 11.3 Å². The minimum Gasteiger partial charge on any atom is -0.493 e. The van der Waals surface area contributed by atoms with Gasteiger partial charge in [0, 0.05) is 25.1 Å². The molecule has 3 heterocycles. The number of benzene rings is 1. The first kappa shape index (κ1) is 13.7. The first-order valence-corrected chi connectivity index (χ1v) is 8.21. The van der Waals surface area contributed by atoms with E-state index in [0.717, 1.165) is 29.3 Å². The maximum atomic E-state index is 12.4. The van der Waals surface area contributed by atoms with Crippen LogP contribution in [0.25, 0.3) is 10.6 Å². The normalized spacial score (nSPS) is 20.0. The zero-order valence-corrected chi connectivity index (χ0v) is 12.8. The maximum Gasteiger partial charge on any atom is 0.265 e. The Morgan fingerprint density at radius 3 is 3.18 bits per heavy atom. The predicted octanol–water partition coefficient (Wildman–Crippen LogP) is 1.95. The Hall–Kier alpha value is -1.92. The van der Waals surface area contributed by atoms with E-state index < -0.39 is 6.10 Å². The number of β-amino-alcohol motifs (C(OH)–C–C–N with tert-alkyl or cyclic N) is 1. The molecule has 1 amide bonds. The smallest absolute Gasteiger partial charge is 0.265 e. The summed E-state index contributed by atoms with van der Waals surface area (Å²) in [7, 11) is 0. The van der Waals surface area contributed by atoms with Crippen LogP contribution in [0.4, 0.5) is 0 Å². The number of likely N-dealkylation sites (tertiary alicyclic amines) is 1. The van der Waals surface area contributed by atoms with E-state index in [4.69, 9.17) is 4.74 Å². The molecule has 1 aromatic carbocycles. The summed E-state index contributed by atoms with van der Waals surface area (Å²) < 4.78 is 5.51. The van der Waals surface area contributed by atoms with Gasteiger partial charge in [-0.1, -0.05) is 0 Å². The lowest BCUT2D eigenvalue weighted by Gasteiger charge is -2.13. The van der Waals surface area contributed by atoms with Gasteiger partial charge in [-0.3, -0.25) is 4.79 Å². The maximum absolute atomic E-state index is 12.4. The van der Waals surface area contributed by atoms with Crippen molar-refractivity contribution < 1.29 is 14.6 Å². The second kappa shape index (κ2) is 5.37. The molecule has 0 radical (unpaired) electrons. The number of hydrogen-bond donors (Lipinski definition) is 1. The fraction of sp³-hybridized carbons (Fsp3) is 0.375. The summed E-state index contributed by atoms with van der Waals surface area (Å²) in [6.07, 6.45) is 2.82. The Labute approximate surface area is 132 Å². The van der Waals surface area contributed by atoms with Crippen molar-refractivity contribution in [2.24, 2.45) is 0 Å². The fourth-order valence-electron chi connectivity index (χ4n) is 2.91. The van der Waals surface area contributed by atoms with Crippen LogP contribution in [-0.2, 0) is 6.42 Å². The number of aromatic nitrogens is 1. The van der Waals surface area contributed by atoms with Crippen molar-refractivity contribution in [2.75, 3.05) is 19.7 Å². The molecule has 0 spiro atoms. The van der Waals surface area contributed by atoms with Crippen LogP contribution < -0.4 is 4.74 Å². The van der Waals surface area contributed by atoms with Gasteiger partial charge in [0.15, 0.2) is 0 Å². The number of hydrogen-bond acceptors (Lipinski definition) is 5. The number of fused-ring (bicyclic) bond motifs is 1. The number of rotatable bonds is 2. The van der Waals surface area contributed by atoms with Gasteiger partial charge in [-0.05, 0) is 30.2 Å². The van der Waals surface area contributed by atoms with E-state index in [9.17, 15) is 9.90 Å². The summed E-state index contributed by atoms with van der Waals surface area (Å²) in [6, 6.07) is 6.04. The third kappa shape index (κ3) is 2.38. The highest BCUT2D eigenvalue weighted by atomic mass is 32.1. The highest BCUT2D eigenvalue weighted by Crippen LogP contribution is 2.32. The molecule has 5 nitrogen and oxygen atoms in total. The molecule has 1 aromatic heterocycles. The van der Waals surface area contributed by atoms with Gasteiger partial charge in [-0.25, -0.2) is 4.98 Å². The Morgan fingerprint density at radius 1 is 1.45 bits per heavy atom. The van der Waals surface area contributed by atoms with Gasteiger partial charge < -0.3 is 14.7 Å². The van der Waals surface area contributed by atoms with Crippen LogP contribution in [0.3, 0.4) is 0 Å². The average Bonchev–Trinajstić information content (AvgIpc) is 3.25. The van der Waals surface area contributed by atoms with Gasteiger partial charge in [0.1, 0.15) is 15.6 Å². The zero-order valence-electron chi connectivity index (χ0n) is 12.0. The molecule has 1 saturated heterocycles. The van der Waals surface area contributed by atoms with Crippen LogP contribution in [0.15, 0.2) is 24.4 Å². The molecule has 0 unspecified atom stereocenters. The van der Waals surface area contributed by atoms with Gasteiger partial charge in [0.2, 0.25) is 0 Å². The molecule has 0 bridgehead atoms. The largest absolute Gasteiger partial charge is 0.493 e. The predicted molar refractivity (Wildman–Crippen MR) is 83.3 cm³/mol.